The number of aromatic nitrogens is 1. The third kappa shape index (κ3) is 4.75. The Balaban J connectivity index is 1.32. The summed E-state index contributed by atoms with van der Waals surface area (Å²) in [5.74, 6) is -0.556. The van der Waals surface area contributed by atoms with E-state index in [9.17, 15) is 9.59 Å². The van der Waals surface area contributed by atoms with Crippen LogP contribution in [0.1, 0.15) is 12.5 Å². The molecule has 2 N–H and O–H groups in total. The Bertz CT molecular complexity index is 1210. The van der Waals surface area contributed by atoms with Crippen molar-refractivity contribution >= 4 is 39.3 Å². The van der Waals surface area contributed by atoms with Gasteiger partial charge in [-0.3, -0.25) is 9.59 Å². The van der Waals surface area contributed by atoms with Crippen LogP contribution in [-0.4, -0.2) is 29.6 Å². The van der Waals surface area contributed by atoms with Gasteiger partial charge in [-0.2, -0.15) is 0 Å². The van der Waals surface area contributed by atoms with Gasteiger partial charge in [0.15, 0.2) is 0 Å². The van der Waals surface area contributed by atoms with Crippen LogP contribution in [0.3, 0.4) is 0 Å². The Morgan fingerprint density at radius 3 is 2.35 bits per heavy atom. The lowest BCUT2D eigenvalue weighted by Crippen LogP contribution is -2.29. The smallest absolute Gasteiger partial charge is 0.250 e. The van der Waals surface area contributed by atoms with Crippen molar-refractivity contribution in [3.63, 3.8) is 0 Å². The summed E-state index contributed by atoms with van der Waals surface area (Å²) in [4.78, 5) is 24.1. The Hall–Kier alpha value is -3.64. The minimum Gasteiger partial charge on any atom is -0.362 e. The van der Waals surface area contributed by atoms with Crippen molar-refractivity contribution < 1.29 is 14.3 Å². The zero-order valence-corrected chi connectivity index (χ0v) is 17.4. The molecule has 0 saturated carbocycles. The molecule has 0 radical (unpaired) electrons. The summed E-state index contributed by atoms with van der Waals surface area (Å²) in [5, 5.41) is 7.87. The van der Waals surface area contributed by atoms with Gasteiger partial charge in [0, 0.05) is 40.6 Å². The SMILES string of the molecule is CCn1c2ccccc2c2cc(NC(=O)COCC(=O)NCc3ccccc3)ccc21. The van der Waals surface area contributed by atoms with Gasteiger partial charge in [0.1, 0.15) is 13.2 Å². The highest BCUT2D eigenvalue weighted by Crippen LogP contribution is 2.30. The third-order valence-electron chi connectivity index (χ3n) is 5.17. The maximum Gasteiger partial charge on any atom is 0.250 e. The van der Waals surface area contributed by atoms with Crippen molar-refractivity contribution in [1.29, 1.82) is 0 Å². The summed E-state index contributed by atoms with van der Waals surface area (Å²) in [6.07, 6.45) is 0. The number of para-hydroxylation sites is 1. The standard InChI is InChI=1S/C25H25N3O3/c1-2-28-22-11-7-6-10-20(22)21-14-19(12-13-23(21)28)27-25(30)17-31-16-24(29)26-15-18-8-4-3-5-9-18/h3-14H,2,15-17H2,1H3,(H,26,29)(H,27,30). The number of carbonyl (C=O) groups excluding carboxylic acids is 2. The van der Waals surface area contributed by atoms with Gasteiger partial charge >= 0.3 is 0 Å². The number of ether oxygens (including phenoxy) is 1. The molecule has 6 heteroatoms. The number of aryl methyl sites for hydroxylation is 1. The fraction of sp³-hybridized carbons (Fsp3) is 0.200. The van der Waals surface area contributed by atoms with Crippen LogP contribution in [-0.2, 0) is 27.4 Å². The zero-order chi connectivity index (χ0) is 21.6. The van der Waals surface area contributed by atoms with Gasteiger partial charge in [0.05, 0.1) is 0 Å². The van der Waals surface area contributed by atoms with Crippen LogP contribution in [0.2, 0.25) is 0 Å². The first-order valence-corrected chi connectivity index (χ1v) is 10.3. The molecule has 0 saturated heterocycles. The van der Waals surface area contributed by atoms with E-state index in [0.29, 0.717) is 12.2 Å². The van der Waals surface area contributed by atoms with E-state index in [2.05, 4.69) is 34.3 Å². The number of benzene rings is 3. The molecule has 0 bridgehead atoms. The average molecular weight is 415 g/mol. The number of anilines is 1. The van der Waals surface area contributed by atoms with Crippen molar-refractivity contribution in [3.8, 4) is 0 Å². The summed E-state index contributed by atoms with van der Waals surface area (Å²) < 4.78 is 7.53. The molecule has 2 amide bonds. The van der Waals surface area contributed by atoms with E-state index < -0.39 is 0 Å². The van der Waals surface area contributed by atoms with Gasteiger partial charge in [-0.05, 0) is 36.8 Å². The number of nitrogens with one attached hydrogen (secondary N) is 2. The monoisotopic (exact) mass is 415 g/mol. The highest BCUT2D eigenvalue weighted by atomic mass is 16.5. The minimum atomic E-state index is -0.297. The summed E-state index contributed by atoms with van der Waals surface area (Å²) >= 11 is 0. The Morgan fingerprint density at radius 1 is 0.839 bits per heavy atom. The first kappa shape index (κ1) is 20.6. The normalized spacial score (nSPS) is 11.0. The number of nitrogens with zero attached hydrogens (tertiary/aromatic N) is 1. The Kier molecular flexibility index (Phi) is 6.29. The van der Waals surface area contributed by atoms with E-state index in [0.717, 1.165) is 28.4 Å². The van der Waals surface area contributed by atoms with Crippen LogP contribution < -0.4 is 10.6 Å². The molecule has 3 aromatic carbocycles. The highest BCUT2D eigenvalue weighted by molar-refractivity contribution is 6.09. The third-order valence-corrected chi connectivity index (χ3v) is 5.17. The number of hydrogen-bond donors (Lipinski definition) is 2. The zero-order valence-electron chi connectivity index (χ0n) is 17.4. The summed E-state index contributed by atoms with van der Waals surface area (Å²) in [7, 11) is 0. The van der Waals surface area contributed by atoms with Crippen molar-refractivity contribution in [2.75, 3.05) is 18.5 Å². The van der Waals surface area contributed by atoms with Gasteiger partial charge < -0.3 is 19.9 Å². The second kappa shape index (κ2) is 9.45. The lowest BCUT2D eigenvalue weighted by Gasteiger charge is -2.08. The molecule has 4 rings (SSSR count). The summed E-state index contributed by atoms with van der Waals surface area (Å²) in [5.41, 5.74) is 4.02. The lowest BCUT2D eigenvalue weighted by molar-refractivity contribution is -0.128. The van der Waals surface area contributed by atoms with Gasteiger partial charge in [-0.1, -0.05) is 48.5 Å². The van der Waals surface area contributed by atoms with E-state index in [4.69, 9.17) is 4.74 Å². The average Bonchev–Trinajstić information content (AvgIpc) is 3.11. The molecule has 1 aromatic heterocycles. The van der Waals surface area contributed by atoms with E-state index in [1.54, 1.807) is 0 Å². The van der Waals surface area contributed by atoms with Crippen LogP contribution in [0.4, 0.5) is 5.69 Å². The van der Waals surface area contributed by atoms with Crippen LogP contribution >= 0.6 is 0 Å². The summed E-state index contributed by atoms with van der Waals surface area (Å²) in [6.45, 7) is 3.07. The summed E-state index contributed by atoms with van der Waals surface area (Å²) in [6, 6.07) is 23.8. The first-order chi connectivity index (χ1) is 15.2. The number of carbonyl (C=O) groups is 2. The molecule has 0 aliphatic carbocycles. The van der Waals surface area contributed by atoms with Gasteiger partial charge in [0.2, 0.25) is 11.8 Å². The molecule has 4 aromatic rings. The highest BCUT2D eigenvalue weighted by Gasteiger charge is 2.11. The van der Waals surface area contributed by atoms with E-state index in [1.807, 2.05) is 60.7 Å². The van der Waals surface area contributed by atoms with Crippen LogP contribution in [0.5, 0.6) is 0 Å². The van der Waals surface area contributed by atoms with Gasteiger partial charge in [-0.15, -0.1) is 0 Å². The molecule has 0 fully saturated rings. The molecule has 0 atom stereocenters. The maximum absolute atomic E-state index is 12.3. The second-order valence-electron chi connectivity index (χ2n) is 7.30. The van der Waals surface area contributed by atoms with Gasteiger partial charge in [0.25, 0.3) is 0 Å². The number of rotatable bonds is 8. The molecule has 1 heterocycles. The predicted octanol–water partition coefficient (Wildman–Crippen LogP) is 4.09. The fourth-order valence-corrected chi connectivity index (χ4v) is 3.75. The van der Waals surface area contributed by atoms with E-state index >= 15 is 0 Å². The predicted molar refractivity (Wildman–Crippen MR) is 123 cm³/mol. The van der Waals surface area contributed by atoms with Crippen molar-refractivity contribution in [2.45, 2.75) is 20.0 Å². The van der Waals surface area contributed by atoms with Crippen molar-refractivity contribution in [2.24, 2.45) is 0 Å². The maximum atomic E-state index is 12.3. The molecule has 0 aliphatic rings. The van der Waals surface area contributed by atoms with Gasteiger partial charge in [-0.25, -0.2) is 0 Å². The topological polar surface area (TPSA) is 72.4 Å². The second-order valence-corrected chi connectivity index (χ2v) is 7.30. The molecular weight excluding hydrogens is 390 g/mol. The molecule has 0 aliphatic heterocycles. The minimum absolute atomic E-state index is 0.163. The molecule has 6 nitrogen and oxygen atoms in total. The molecule has 0 spiro atoms. The number of hydrogen-bond acceptors (Lipinski definition) is 3. The van der Waals surface area contributed by atoms with Crippen LogP contribution in [0.15, 0.2) is 72.8 Å². The lowest BCUT2D eigenvalue weighted by atomic mass is 10.1. The quantitative estimate of drug-likeness (QED) is 0.455. The Labute approximate surface area is 180 Å². The molecule has 0 unspecified atom stereocenters. The molecular formula is C25H25N3O3. The first-order valence-electron chi connectivity index (χ1n) is 10.3. The largest absolute Gasteiger partial charge is 0.362 e. The molecule has 158 valence electrons. The van der Waals surface area contributed by atoms with Crippen LogP contribution in [0.25, 0.3) is 21.8 Å². The van der Waals surface area contributed by atoms with Crippen molar-refractivity contribution in [1.82, 2.24) is 9.88 Å². The van der Waals surface area contributed by atoms with E-state index in [-0.39, 0.29) is 25.0 Å². The fourth-order valence-electron chi connectivity index (χ4n) is 3.75. The van der Waals surface area contributed by atoms with E-state index in [1.165, 1.54) is 5.52 Å². The van der Waals surface area contributed by atoms with Crippen LogP contribution in [0, 0.1) is 0 Å². The number of fused-ring (bicyclic) bond motifs is 3. The van der Waals surface area contributed by atoms with Crippen molar-refractivity contribution in [3.05, 3.63) is 78.4 Å². The molecule has 31 heavy (non-hydrogen) atoms. The Morgan fingerprint density at radius 2 is 1.55 bits per heavy atom. The number of amides is 2.